The Morgan fingerprint density at radius 3 is 2.53 bits per heavy atom. The molecule has 2 unspecified atom stereocenters. The molecule has 1 aliphatic rings. The maximum absolute atomic E-state index is 15.4. The SMILES string of the molecule is CC(C)OC(=O)[C@H](C)OP(=O)(OC[C@H]1OC(n2ccc(=O)[nH]c2=O)[C@](C)(F)[C@@H]1O)Oc1ccccc1. The number of para-hydroxylation sites is 1. The summed E-state index contributed by atoms with van der Waals surface area (Å²) >= 11 is 0. The second-order valence-corrected chi connectivity index (χ2v) is 10.1. The number of H-pyrrole nitrogens is 1. The number of aromatic amines is 1. The molecule has 36 heavy (non-hydrogen) atoms. The number of benzene rings is 1. The zero-order valence-corrected chi connectivity index (χ0v) is 20.9. The highest BCUT2D eigenvalue weighted by molar-refractivity contribution is 7.49. The van der Waals surface area contributed by atoms with Crippen LogP contribution in [0.5, 0.6) is 5.75 Å². The van der Waals surface area contributed by atoms with Gasteiger partial charge in [0.2, 0.25) is 0 Å². The fourth-order valence-electron chi connectivity index (χ4n) is 3.38. The molecular formula is C22H28FN2O10P. The summed E-state index contributed by atoms with van der Waals surface area (Å²) in [7, 11) is -4.55. The van der Waals surface area contributed by atoms with Crippen molar-refractivity contribution in [2.45, 2.75) is 64.0 Å². The molecule has 0 bridgehead atoms. The molecule has 0 saturated carbocycles. The lowest BCUT2D eigenvalue weighted by molar-refractivity contribution is -0.156. The Kier molecular flexibility index (Phi) is 8.52. The third-order valence-corrected chi connectivity index (χ3v) is 6.62. The predicted octanol–water partition coefficient (Wildman–Crippen LogP) is 2.08. The van der Waals surface area contributed by atoms with E-state index in [9.17, 15) is 24.1 Å². The molecule has 1 aliphatic heterocycles. The molecule has 3 rings (SSSR count). The van der Waals surface area contributed by atoms with Gasteiger partial charge in [-0.3, -0.25) is 23.4 Å². The van der Waals surface area contributed by atoms with Crippen LogP contribution in [0.1, 0.15) is 33.9 Å². The number of aliphatic hydroxyl groups is 1. The minimum absolute atomic E-state index is 0.0890. The highest BCUT2D eigenvalue weighted by atomic mass is 31.2. The van der Waals surface area contributed by atoms with E-state index >= 15 is 4.39 Å². The Labute approximate surface area is 205 Å². The summed E-state index contributed by atoms with van der Waals surface area (Å²) in [6.45, 7) is 4.83. The molecule has 2 aromatic rings. The molecule has 1 fully saturated rings. The predicted molar refractivity (Wildman–Crippen MR) is 123 cm³/mol. The summed E-state index contributed by atoms with van der Waals surface area (Å²) in [6, 6.07) is 8.81. The molecule has 2 N–H and O–H groups in total. The standard InChI is InChI=1S/C22H28FN2O10P/c1-13(2)32-19(28)14(3)34-36(30,35-15-8-6-5-7-9-15)31-12-16-18(27)22(4,23)20(33-16)25-11-10-17(26)24-21(25)29/h5-11,13-14,16,18,20,27H,12H2,1-4H3,(H,24,26,29)/t14-,16+,18+,20?,22+,36?/m0/s1. The zero-order valence-electron chi connectivity index (χ0n) is 20.0. The van der Waals surface area contributed by atoms with Gasteiger partial charge in [0.1, 0.15) is 18.0 Å². The fraction of sp³-hybridized carbons (Fsp3) is 0.500. The summed E-state index contributed by atoms with van der Waals surface area (Å²) in [6.07, 6.45) is -5.71. The number of carbonyl (C=O) groups excluding carboxylic acids is 1. The van der Waals surface area contributed by atoms with Crippen LogP contribution in [0.3, 0.4) is 0 Å². The highest BCUT2D eigenvalue weighted by Crippen LogP contribution is 2.52. The normalized spacial score (nSPS) is 26.4. The van der Waals surface area contributed by atoms with Gasteiger partial charge in [-0.2, -0.15) is 0 Å². The quantitative estimate of drug-likeness (QED) is 0.345. The number of phosphoric acid groups is 1. The maximum atomic E-state index is 15.4. The van der Waals surface area contributed by atoms with Gasteiger partial charge in [-0.1, -0.05) is 18.2 Å². The fourth-order valence-corrected chi connectivity index (χ4v) is 4.72. The molecule has 0 radical (unpaired) electrons. The largest absolute Gasteiger partial charge is 0.530 e. The Balaban J connectivity index is 1.80. The molecule has 0 aliphatic carbocycles. The second-order valence-electron chi connectivity index (χ2n) is 8.52. The number of esters is 1. The van der Waals surface area contributed by atoms with Crippen molar-refractivity contribution in [3.8, 4) is 5.75 Å². The number of hydrogen-bond donors (Lipinski definition) is 2. The molecule has 0 amide bonds. The minimum atomic E-state index is -4.55. The number of halogens is 1. The number of phosphoric ester groups is 1. The van der Waals surface area contributed by atoms with Crippen LogP contribution in [0.2, 0.25) is 0 Å². The Bertz CT molecular complexity index is 1220. The minimum Gasteiger partial charge on any atom is -0.461 e. The van der Waals surface area contributed by atoms with Crippen molar-refractivity contribution >= 4 is 13.8 Å². The van der Waals surface area contributed by atoms with Crippen molar-refractivity contribution < 1.29 is 41.9 Å². The first-order valence-electron chi connectivity index (χ1n) is 11.0. The first-order chi connectivity index (χ1) is 16.8. The van der Waals surface area contributed by atoms with E-state index in [1.807, 2.05) is 4.98 Å². The Morgan fingerprint density at radius 1 is 1.25 bits per heavy atom. The molecule has 1 saturated heterocycles. The van der Waals surface area contributed by atoms with E-state index in [0.717, 1.165) is 23.8 Å². The van der Waals surface area contributed by atoms with Gasteiger partial charge in [0.15, 0.2) is 18.0 Å². The number of nitrogens with one attached hydrogen (secondary N) is 1. The molecular weight excluding hydrogens is 502 g/mol. The van der Waals surface area contributed by atoms with Gasteiger partial charge in [-0.05, 0) is 39.8 Å². The van der Waals surface area contributed by atoms with Crippen LogP contribution in [0.4, 0.5) is 4.39 Å². The van der Waals surface area contributed by atoms with Crippen molar-refractivity contribution in [2.24, 2.45) is 0 Å². The molecule has 2 heterocycles. The average molecular weight is 530 g/mol. The van der Waals surface area contributed by atoms with Crippen LogP contribution >= 0.6 is 7.82 Å². The van der Waals surface area contributed by atoms with E-state index in [0.29, 0.717) is 0 Å². The van der Waals surface area contributed by atoms with Crippen LogP contribution in [-0.2, 0) is 27.9 Å². The van der Waals surface area contributed by atoms with Crippen molar-refractivity contribution in [3.63, 3.8) is 0 Å². The van der Waals surface area contributed by atoms with Crippen LogP contribution in [0.15, 0.2) is 52.2 Å². The molecule has 198 valence electrons. The van der Waals surface area contributed by atoms with Crippen LogP contribution < -0.4 is 15.8 Å². The lowest BCUT2D eigenvalue weighted by atomic mass is 9.98. The van der Waals surface area contributed by atoms with E-state index in [-0.39, 0.29) is 5.75 Å². The number of ether oxygens (including phenoxy) is 2. The lowest BCUT2D eigenvalue weighted by Gasteiger charge is -2.25. The average Bonchev–Trinajstić information content (AvgIpc) is 3.01. The van der Waals surface area contributed by atoms with Gasteiger partial charge in [-0.15, -0.1) is 0 Å². The molecule has 6 atom stereocenters. The van der Waals surface area contributed by atoms with Crippen molar-refractivity contribution in [2.75, 3.05) is 6.61 Å². The highest BCUT2D eigenvalue weighted by Gasteiger charge is 2.56. The van der Waals surface area contributed by atoms with Gasteiger partial charge < -0.3 is 19.1 Å². The summed E-state index contributed by atoms with van der Waals surface area (Å²) in [5, 5.41) is 10.5. The Morgan fingerprint density at radius 2 is 1.92 bits per heavy atom. The summed E-state index contributed by atoms with van der Waals surface area (Å²) < 4.78 is 56.2. The van der Waals surface area contributed by atoms with Gasteiger partial charge >= 0.3 is 19.5 Å². The van der Waals surface area contributed by atoms with Crippen LogP contribution in [0, 0.1) is 0 Å². The van der Waals surface area contributed by atoms with Gasteiger partial charge in [0, 0.05) is 12.3 Å². The van der Waals surface area contributed by atoms with E-state index in [1.165, 1.54) is 19.1 Å². The van der Waals surface area contributed by atoms with E-state index in [4.69, 9.17) is 23.0 Å². The monoisotopic (exact) mass is 530 g/mol. The third kappa shape index (κ3) is 6.48. The van der Waals surface area contributed by atoms with Crippen LogP contribution in [-0.4, -0.2) is 57.3 Å². The molecule has 1 aromatic carbocycles. The second kappa shape index (κ2) is 11.1. The van der Waals surface area contributed by atoms with Gasteiger partial charge in [-0.25, -0.2) is 18.5 Å². The van der Waals surface area contributed by atoms with Crippen LogP contribution in [0.25, 0.3) is 0 Å². The van der Waals surface area contributed by atoms with Crippen molar-refractivity contribution in [1.29, 1.82) is 0 Å². The number of aliphatic hydroxyl groups excluding tert-OH is 1. The lowest BCUT2D eigenvalue weighted by Crippen LogP contribution is -2.43. The van der Waals surface area contributed by atoms with E-state index < -0.39 is 68.0 Å². The number of carbonyl (C=O) groups is 1. The molecule has 0 spiro atoms. The first kappa shape index (κ1) is 27.8. The maximum Gasteiger partial charge on any atom is 0.530 e. The number of hydrogen-bond acceptors (Lipinski definition) is 10. The summed E-state index contributed by atoms with van der Waals surface area (Å²) in [5.74, 6) is -0.734. The topological polar surface area (TPSA) is 155 Å². The number of rotatable bonds is 10. The zero-order chi connectivity index (χ0) is 26.7. The smallest absolute Gasteiger partial charge is 0.461 e. The molecule has 14 heteroatoms. The first-order valence-corrected chi connectivity index (χ1v) is 12.5. The third-order valence-electron chi connectivity index (χ3n) is 5.15. The molecule has 12 nitrogen and oxygen atoms in total. The van der Waals surface area contributed by atoms with Crippen molar-refractivity contribution in [1.82, 2.24) is 9.55 Å². The number of alkyl halides is 1. The molecule has 1 aromatic heterocycles. The van der Waals surface area contributed by atoms with E-state index in [2.05, 4.69) is 0 Å². The summed E-state index contributed by atoms with van der Waals surface area (Å²) in [5.41, 5.74) is -4.16. The number of nitrogens with zero attached hydrogens (tertiary/aromatic N) is 1. The number of aromatic nitrogens is 2. The Hall–Kier alpha value is -2.83. The summed E-state index contributed by atoms with van der Waals surface area (Å²) in [4.78, 5) is 37.6. The van der Waals surface area contributed by atoms with Gasteiger partial charge in [0.05, 0.1) is 12.7 Å². The van der Waals surface area contributed by atoms with Crippen molar-refractivity contribution in [3.05, 3.63) is 63.4 Å². The van der Waals surface area contributed by atoms with Gasteiger partial charge in [0.25, 0.3) is 5.56 Å². The van der Waals surface area contributed by atoms with E-state index in [1.54, 1.807) is 32.0 Å².